The van der Waals surface area contributed by atoms with Gasteiger partial charge in [0.2, 0.25) is 11.5 Å². The van der Waals surface area contributed by atoms with Crippen LogP contribution in [0.1, 0.15) is 192 Å². The van der Waals surface area contributed by atoms with Gasteiger partial charge in [-0.05, 0) is 26.7 Å². The molecule has 0 saturated carbocycles. The third-order valence-electron chi connectivity index (χ3n) is 8.05. The van der Waals surface area contributed by atoms with Crippen molar-refractivity contribution < 1.29 is 23.5 Å². The summed E-state index contributed by atoms with van der Waals surface area (Å²) in [6, 6.07) is 0. The number of unbranched alkanes of at least 4 members (excludes halogenated alkanes) is 22. The molecule has 0 spiro atoms. The molecule has 1 aromatic heterocycles. The van der Waals surface area contributed by atoms with E-state index in [9.17, 15) is 9.59 Å². The Kier molecular flexibility index (Phi) is 23.5. The molecule has 0 aromatic carbocycles. The van der Waals surface area contributed by atoms with Gasteiger partial charge in [0.05, 0.1) is 0 Å². The van der Waals surface area contributed by atoms with Crippen LogP contribution in [0.4, 0.5) is 0 Å². The monoisotopic (exact) mass is 576 g/mol. The molecule has 1 aromatic rings. The van der Waals surface area contributed by atoms with Gasteiger partial charge < -0.3 is 13.9 Å². The van der Waals surface area contributed by atoms with Crippen LogP contribution in [-0.4, -0.2) is 11.9 Å². The molecule has 0 fully saturated rings. The van der Waals surface area contributed by atoms with Gasteiger partial charge in [0, 0.05) is 12.8 Å². The fraction of sp³-hybridized carbons (Fsp3) is 0.833. The van der Waals surface area contributed by atoms with Crippen molar-refractivity contribution in [3.8, 4) is 11.5 Å². The number of carbonyl (C=O) groups excluding carboxylic acids is 2. The minimum absolute atomic E-state index is 0.259. The van der Waals surface area contributed by atoms with Crippen LogP contribution in [-0.2, 0) is 9.59 Å². The maximum absolute atomic E-state index is 12.5. The number of carbonyl (C=O) groups is 2. The first-order chi connectivity index (χ1) is 20.0. The van der Waals surface area contributed by atoms with Gasteiger partial charge in [-0.2, -0.15) is 0 Å². The first-order valence-corrected chi connectivity index (χ1v) is 17.5. The van der Waals surface area contributed by atoms with Gasteiger partial charge >= 0.3 is 11.9 Å². The molecule has 5 heteroatoms. The van der Waals surface area contributed by atoms with Gasteiger partial charge in [-0.1, -0.05) is 155 Å². The Morgan fingerprint density at radius 2 is 0.683 bits per heavy atom. The summed E-state index contributed by atoms with van der Waals surface area (Å²) in [7, 11) is 0. The summed E-state index contributed by atoms with van der Waals surface area (Å²) in [5.74, 6) is 0.875. The highest BCUT2D eigenvalue weighted by molar-refractivity contribution is 5.77. The van der Waals surface area contributed by atoms with E-state index in [-0.39, 0.29) is 23.4 Å². The number of rotatable bonds is 28. The molecule has 0 radical (unpaired) electrons. The molecule has 0 atom stereocenters. The highest BCUT2D eigenvalue weighted by Crippen LogP contribution is 2.38. The third kappa shape index (κ3) is 19.9. The fourth-order valence-corrected chi connectivity index (χ4v) is 5.43. The SMILES string of the molecule is CCCCCCCCCCCCCCC(=O)Oc1c(C)oc(C)c1OC(=O)CCCCCCCCCCCCCC. The Bertz CT molecular complexity index is 719. The first kappa shape index (κ1) is 37.2. The van der Waals surface area contributed by atoms with Crippen LogP contribution in [0.5, 0.6) is 11.5 Å². The van der Waals surface area contributed by atoms with E-state index in [0.29, 0.717) is 24.4 Å². The summed E-state index contributed by atoms with van der Waals surface area (Å²) >= 11 is 0. The molecule has 0 unspecified atom stereocenters. The molecule has 0 bridgehead atoms. The van der Waals surface area contributed by atoms with E-state index >= 15 is 0 Å². The van der Waals surface area contributed by atoms with Gasteiger partial charge in [-0.3, -0.25) is 9.59 Å². The van der Waals surface area contributed by atoms with Crippen molar-refractivity contribution in [2.45, 2.75) is 195 Å². The summed E-state index contributed by atoms with van der Waals surface area (Å²) in [6.45, 7) is 7.99. The molecular formula is C36H64O5. The van der Waals surface area contributed by atoms with Gasteiger partial charge in [0.1, 0.15) is 11.5 Å². The van der Waals surface area contributed by atoms with Crippen LogP contribution in [0.3, 0.4) is 0 Å². The number of furan rings is 1. The molecule has 1 heterocycles. The molecule has 1 rings (SSSR count). The standard InChI is InChI=1S/C36H64O5/c1-5-7-9-11-13-15-17-19-21-23-25-27-29-33(37)40-35-31(3)39-32(4)36(35)41-34(38)30-28-26-24-22-20-18-16-14-12-10-8-6-2/h5-30H2,1-4H3. The smallest absolute Gasteiger partial charge is 0.311 e. The van der Waals surface area contributed by atoms with E-state index in [1.54, 1.807) is 13.8 Å². The highest BCUT2D eigenvalue weighted by atomic mass is 16.6. The van der Waals surface area contributed by atoms with Gasteiger partial charge in [-0.15, -0.1) is 0 Å². The first-order valence-electron chi connectivity index (χ1n) is 17.5. The zero-order valence-corrected chi connectivity index (χ0v) is 27.4. The van der Waals surface area contributed by atoms with Crippen molar-refractivity contribution in [3.05, 3.63) is 11.5 Å². The lowest BCUT2D eigenvalue weighted by molar-refractivity contribution is -0.137. The van der Waals surface area contributed by atoms with Crippen molar-refractivity contribution in [3.63, 3.8) is 0 Å². The van der Waals surface area contributed by atoms with Gasteiger partial charge in [0.25, 0.3) is 0 Å². The average Bonchev–Trinajstić information content (AvgIpc) is 3.21. The molecule has 5 nitrogen and oxygen atoms in total. The lowest BCUT2D eigenvalue weighted by Crippen LogP contribution is -2.12. The Morgan fingerprint density at radius 3 is 0.951 bits per heavy atom. The summed E-state index contributed by atoms with van der Waals surface area (Å²) < 4.78 is 16.8. The Morgan fingerprint density at radius 1 is 0.439 bits per heavy atom. The molecule has 0 saturated heterocycles. The zero-order valence-electron chi connectivity index (χ0n) is 27.4. The van der Waals surface area contributed by atoms with Crippen molar-refractivity contribution >= 4 is 11.9 Å². The molecule has 0 N–H and O–H groups in total. The second-order valence-electron chi connectivity index (χ2n) is 12.1. The third-order valence-corrected chi connectivity index (χ3v) is 8.05. The topological polar surface area (TPSA) is 65.7 Å². The number of aryl methyl sites for hydroxylation is 2. The van der Waals surface area contributed by atoms with E-state index < -0.39 is 0 Å². The Balaban J connectivity index is 2.16. The van der Waals surface area contributed by atoms with Gasteiger partial charge in [-0.25, -0.2) is 0 Å². The van der Waals surface area contributed by atoms with Crippen LogP contribution in [0.15, 0.2) is 4.42 Å². The maximum Gasteiger partial charge on any atom is 0.311 e. The van der Waals surface area contributed by atoms with E-state index in [0.717, 1.165) is 38.5 Å². The van der Waals surface area contributed by atoms with Crippen molar-refractivity contribution in [2.24, 2.45) is 0 Å². The molecule has 0 aliphatic heterocycles. The summed E-state index contributed by atoms with van der Waals surface area (Å²) in [6.07, 6.45) is 30.8. The van der Waals surface area contributed by atoms with Crippen molar-refractivity contribution in [1.29, 1.82) is 0 Å². The zero-order chi connectivity index (χ0) is 30.0. The number of ether oxygens (including phenoxy) is 2. The molecule has 0 aliphatic carbocycles. The van der Waals surface area contributed by atoms with Crippen molar-refractivity contribution in [1.82, 2.24) is 0 Å². The number of hydrogen-bond acceptors (Lipinski definition) is 5. The van der Waals surface area contributed by atoms with Crippen LogP contribution < -0.4 is 9.47 Å². The predicted molar refractivity (Wildman–Crippen MR) is 171 cm³/mol. The van der Waals surface area contributed by atoms with Crippen LogP contribution in [0.25, 0.3) is 0 Å². The van der Waals surface area contributed by atoms with Crippen LogP contribution in [0, 0.1) is 13.8 Å². The average molecular weight is 577 g/mol. The lowest BCUT2D eigenvalue weighted by Gasteiger charge is -2.08. The predicted octanol–water partition coefficient (Wildman–Crippen LogP) is 11.9. The van der Waals surface area contributed by atoms with Crippen LogP contribution >= 0.6 is 0 Å². The lowest BCUT2D eigenvalue weighted by atomic mass is 10.0. The van der Waals surface area contributed by atoms with E-state index in [4.69, 9.17) is 13.9 Å². The normalized spacial score (nSPS) is 11.2. The summed E-state index contributed by atoms with van der Waals surface area (Å²) in [4.78, 5) is 25.0. The number of hydrogen-bond donors (Lipinski definition) is 0. The fourth-order valence-electron chi connectivity index (χ4n) is 5.43. The van der Waals surface area contributed by atoms with E-state index in [2.05, 4.69) is 13.8 Å². The second kappa shape index (κ2) is 25.9. The van der Waals surface area contributed by atoms with Gasteiger partial charge in [0.15, 0.2) is 0 Å². The highest BCUT2D eigenvalue weighted by Gasteiger charge is 2.23. The van der Waals surface area contributed by atoms with Crippen molar-refractivity contribution in [2.75, 3.05) is 0 Å². The largest absolute Gasteiger partial charge is 0.459 e. The Labute approximate surface area is 252 Å². The molecule has 238 valence electrons. The number of esters is 2. The minimum Gasteiger partial charge on any atom is -0.459 e. The van der Waals surface area contributed by atoms with E-state index in [1.165, 1.54) is 116 Å². The molecule has 41 heavy (non-hydrogen) atoms. The Hall–Kier alpha value is -1.78. The van der Waals surface area contributed by atoms with Crippen LogP contribution in [0.2, 0.25) is 0 Å². The maximum atomic E-state index is 12.5. The quantitative estimate of drug-likeness (QED) is 0.0733. The summed E-state index contributed by atoms with van der Waals surface area (Å²) in [5.41, 5.74) is 0. The molecular weight excluding hydrogens is 512 g/mol. The molecule has 0 amide bonds. The minimum atomic E-state index is -0.292. The summed E-state index contributed by atoms with van der Waals surface area (Å²) in [5, 5.41) is 0. The van der Waals surface area contributed by atoms with E-state index in [1.807, 2.05) is 0 Å². The molecule has 0 aliphatic rings. The second-order valence-corrected chi connectivity index (χ2v) is 12.1.